The molecule has 0 unspecified atom stereocenters. The zero-order chi connectivity index (χ0) is 21.7. The summed E-state index contributed by atoms with van der Waals surface area (Å²) >= 11 is 12.8. The minimum absolute atomic E-state index is 0.0388. The standard InChI is InChI=1S/C19H24Cl2N4O3S/c1-10(2)25(11(3)4)6-5-22-18(28)15-9-29-19(23-15)24-17(27)12-7-13(20)14(21)8-16(12)26/h7-11,26H,5-6H2,1-4H3,(H,22,28)(H,23,24,27). The van der Waals surface area contributed by atoms with Gasteiger partial charge in [-0.3, -0.25) is 19.8 Å². The number of nitrogens with zero attached hydrogens (tertiary/aromatic N) is 2. The monoisotopic (exact) mass is 458 g/mol. The SMILES string of the molecule is CC(C)N(CCNC(=O)c1csc(NC(=O)c2cc(Cl)c(Cl)cc2O)n1)C(C)C. The second kappa shape index (κ2) is 10.2. The number of carbonyl (C=O) groups is 2. The lowest BCUT2D eigenvalue weighted by molar-refractivity contribution is 0.0934. The molecule has 10 heteroatoms. The predicted molar refractivity (Wildman–Crippen MR) is 118 cm³/mol. The number of amides is 2. The molecule has 0 aliphatic rings. The van der Waals surface area contributed by atoms with Crippen molar-refractivity contribution >= 4 is 51.5 Å². The summed E-state index contributed by atoms with van der Waals surface area (Å²) in [7, 11) is 0. The van der Waals surface area contributed by atoms with E-state index in [0.717, 1.165) is 17.9 Å². The molecule has 7 nitrogen and oxygen atoms in total. The number of aromatic nitrogens is 1. The van der Waals surface area contributed by atoms with E-state index in [1.54, 1.807) is 5.38 Å². The van der Waals surface area contributed by atoms with Gasteiger partial charge in [-0.05, 0) is 33.8 Å². The summed E-state index contributed by atoms with van der Waals surface area (Å²) in [6, 6.07) is 3.22. The number of hydrogen-bond acceptors (Lipinski definition) is 6. The van der Waals surface area contributed by atoms with Crippen LogP contribution in [0.1, 0.15) is 48.5 Å². The van der Waals surface area contributed by atoms with Crippen molar-refractivity contribution in [2.75, 3.05) is 18.4 Å². The first-order chi connectivity index (χ1) is 13.6. The fraction of sp³-hybridized carbons (Fsp3) is 0.421. The molecule has 2 aromatic rings. The van der Waals surface area contributed by atoms with E-state index in [2.05, 4.69) is 48.2 Å². The third-order valence-electron chi connectivity index (χ3n) is 4.22. The van der Waals surface area contributed by atoms with Gasteiger partial charge in [0.1, 0.15) is 11.4 Å². The van der Waals surface area contributed by atoms with Crippen LogP contribution in [-0.4, -0.2) is 52.0 Å². The molecule has 0 atom stereocenters. The molecule has 2 rings (SSSR count). The van der Waals surface area contributed by atoms with Crippen LogP contribution in [0.15, 0.2) is 17.5 Å². The van der Waals surface area contributed by atoms with Gasteiger partial charge >= 0.3 is 0 Å². The van der Waals surface area contributed by atoms with Crippen LogP contribution in [0.25, 0.3) is 0 Å². The normalized spacial score (nSPS) is 11.3. The molecule has 1 aromatic carbocycles. The second-order valence-electron chi connectivity index (χ2n) is 6.96. The minimum atomic E-state index is -0.605. The van der Waals surface area contributed by atoms with Gasteiger partial charge in [-0.2, -0.15) is 0 Å². The number of thiazole rings is 1. The van der Waals surface area contributed by atoms with Gasteiger partial charge in [0.2, 0.25) is 0 Å². The van der Waals surface area contributed by atoms with E-state index < -0.39 is 5.91 Å². The van der Waals surface area contributed by atoms with Crippen molar-refractivity contribution in [3.8, 4) is 5.75 Å². The van der Waals surface area contributed by atoms with Crippen LogP contribution in [0.3, 0.4) is 0 Å². The van der Waals surface area contributed by atoms with Crippen LogP contribution >= 0.6 is 34.5 Å². The number of halogens is 2. The number of anilines is 1. The Hall–Kier alpha value is -1.87. The highest BCUT2D eigenvalue weighted by molar-refractivity contribution is 7.14. The van der Waals surface area contributed by atoms with Gasteiger partial charge in [-0.1, -0.05) is 23.2 Å². The Balaban J connectivity index is 1.96. The fourth-order valence-electron chi connectivity index (χ4n) is 2.82. The molecule has 0 aliphatic heterocycles. The largest absolute Gasteiger partial charge is 0.507 e. The van der Waals surface area contributed by atoms with Crippen molar-refractivity contribution in [3.63, 3.8) is 0 Å². The Morgan fingerprint density at radius 2 is 1.76 bits per heavy atom. The van der Waals surface area contributed by atoms with Gasteiger partial charge in [0.25, 0.3) is 11.8 Å². The third kappa shape index (κ3) is 6.30. The van der Waals surface area contributed by atoms with Crippen molar-refractivity contribution < 1.29 is 14.7 Å². The Morgan fingerprint density at radius 1 is 1.14 bits per heavy atom. The van der Waals surface area contributed by atoms with E-state index in [9.17, 15) is 14.7 Å². The molecule has 0 spiro atoms. The fourth-order valence-corrected chi connectivity index (χ4v) is 3.83. The lowest BCUT2D eigenvalue weighted by Gasteiger charge is -2.30. The Bertz CT molecular complexity index is 878. The van der Waals surface area contributed by atoms with Gasteiger partial charge in [0.05, 0.1) is 15.6 Å². The molecule has 0 fully saturated rings. The van der Waals surface area contributed by atoms with Gasteiger partial charge in [-0.25, -0.2) is 4.98 Å². The van der Waals surface area contributed by atoms with Crippen LogP contribution in [0.4, 0.5) is 5.13 Å². The molecule has 2 amide bonds. The average Bonchev–Trinajstić information content (AvgIpc) is 3.09. The highest BCUT2D eigenvalue weighted by Gasteiger charge is 2.18. The number of aromatic hydroxyl groups is 1. The predicted octanol–water partition coefficient (Wildman–Crippen LogP) is 4.26. The molecule has 0 saturated carbocycles. The molecular weight excluding hydrogens is 435 g/mol. The minimum Gasteiger partial charge on any atom is -0.507 e. The summed E-state index contributed by atoms with van der Waals surface area (Å²) in [5, 5.41) is 17.3. The molecule has 1 heterocycles. The number of phenols is 1. The second-order valence-corrected chi connectivity index (χ2v) is 8.63. The molecule has 0 bridgehead atoms. The molecule has 0 radical (unpaired) electrons. The lowest BCUT2D eigenvalue weighted by Crippen LogP contribution is -2.42. The summed E-state index contributed by atoms with van der Waals surface area (Å²) in [6.45, 7) is 9.68. The van der Waals surface area contributed by atoms with Crippen molar-refractivity contribution in [1.29, 1.82) is 0 Å². The van der Waals surface area contributed by atoms with Crippen LogP contribution in [-0.2, 0) is 0 Å². The van der Waals surface area contributed by atoms with Gasteiger partial charge in [-0.15, -0.1) is 11.3 Å². The zero-order valence-corrected chi connectivity index (χ0v) is 19.0. The van der Waals surface area contributed by atoms with Gasteiger partial charge in [0, 0.05) is 36.6 Å². The van der Waals surface area contributed by atoms with E-state index in [1.165, 1.54) is 12.1 Å². The van der Waals surface area contributed by atoms with Crippen molar-refractivity contribution in [2.45, 2.75) is 39.8 Å². The summed E-state index contributed by atoms with van der Waals surface area (Å²) < 4.78 is 0. The average molecular weight is 459 g/mol. The summed E-state index contributed by atoms with van der Waals surface area (Å²) in [4.78, 5) is 31.0. The molecular formula is C19H24Cl2N4O3S. The molecule has 158 valence electrons. The maximum Gasteiger partial charge on any atom is 0.270 e. The van der Waals surface area contributed by atoms with E-state index in [4.69, 9.17) is 23.2 Å². The van der Waals surface area contributed by atoms with E-state index in [-0.39, 0.29) is 38.1 Å². The Morgan fingerprint density at radius 3 is 2.38 bits per heavy atom. The first-order valence-electron chi connectivity index (χ1n) is 9.09. The quantitative estimate of drug-likeness (QED) is 0.549. The summed E-state index contributed by atoms with van der Waals surface area (Å²) in [6.07, 6.45) is 0. The first-order valence-corrected chi connectivity index (χ1v) is 10.7. The zero-order valence-electron chi connectivity index (χ0n) is 16.6. The lowest BCUT2D eigenvalue weighted by atomic mass is 10.2. The maximum atomic E-state index is 12.3. The first kappa shape index (κ1) is 23.4. The number of nitrogens with one attached hydrogen (secondary N) is 2. The number of phenolic OH excluding ortho intramolecular Hbond substituents is 1. The van der Waals surface area contributed by atoms with Crippen molar-refractivity contribution in [1.82, 2.24) is 15.2 Å². The number of rotatable bonds is 8. The summed E-state index contributed by atoms with van der Waals surface area (Å²) in [5.74, 6) is -1.22. The Labute approximate surface area is 184 Å². The molecule has 29 heavy (non-hydrogen) atoms. The maximum absolute atomic E-state index is 12.3. The number of benzene rings is 1. The topological polar surface area (TPSA) is 94.6 Å². The highest BCUT2D eigenvalue weighted by atomic mass is 35.5. The van der Waals surface area contributed by atoms with E-state index >= 15 is 0 Å². The van der Waals surface area contributed by atoms with Crippen LogP contribution in [0, 0.1) is 0 Å². The van der Waals surface area contributed by atoms with Crippen molar-refractivity contribution in [3.05, 3.63) is 38.8 Å². The van der Waals surface area contributed by atoms with Gasteiger partial charge < -0.3 is 10.4 Å². The molecule has 0 aliphatic carbocycles. The van der Waals surface area contributed by atoms with Crippen LogP contribution < -0.4 is 10.6 Å². The molecule has 0 saturated heterocycles. The van der Waals surface area contributed by atoms with Crippen LogP contribution in [0.2, 0.25) is 10.0 Å². The third-order valence-corrected chi connectivity index (χ3v) is 5.70. The van der Waals surface area contributed by atoms with E-state index in [0.29, 0.717) is 18.6 Å². The van der Waals surface area contributed by atoms with Crippen LogP contribution in [0.5, 0.6) is 5.75 Å². The number of hydrogen-bond donors (Lipinski definition) is 3. The smallest absolute Gasteiger partial charge is 0.270 e. The molecule has 1 aromatic heterocycles. The Kier molecular flexibility index (Phi) is 8.27. The number of carbonyl (C=O) groups excluding carboxylic acids is 2. The van der Waals surface area contributed by atoms with Crippen molar-refractivity contribution in [2.24, 2.45) is 0 Å². The highest BCUT2D eigenvalue weighted by Crippen LogP contribution is 2.30. The van der Waals surface area contributed by atoms with Gasteiger partial charge in [0.15, 0.2) is 5.13 Å². The summed E-state index contributed by atoms with van der Waals surface area (Å²) in [5.41, 5.74) is 0.173. The van der Waals surface area contributed by atoms with E-state index in [1.807, 2.05) is 0 Å². The molecule has 3 N–H and O–H groups in total.